The lowest BCUT2D eigenvalue weighted by Gasteiger charge is -2.07. The van der Waals surface area contributed by atoms with Gasteiger partial charge >= 0.3 is 0 Å². The molecule has 0 saturated carbocycles. The van der Waals surface area contributed by atoms with Gasteiger partial charge in [-0.1, -0.05) is 13.8 Å². The SMILES string of the molecule is CC(C)CNC(=O)CCn1cccc1. The van der Waals surface area contributed by atoms with Crippen molar-refractivity contribution < 1.29 is 4.79 Å². The summed E-state index contributed by atoms with van der Waals surface area (Å²) in [6, 6.07) is 3.93. The van der Waals surface area contributed by atoms with Crippen LogP contribution in [-0.4, -0.2) is 17.0 Å². The summed E-state index contributed by atoms with van der Waals surface area (Å²) in [5.41, 5.74) is 0. The molecule has 1 amide bonds. The number of amides is 1. The van der Waals surface area contributed by atoms with Crippen LogP contribution in [0.5, 0.6) is 0 Å². The number of rotatable bonds is 5. The Bertz CT molecular complexity index is 265. The second kappa shape index (κ2) is 5.47. The van der Waals surface area contributed by atoms with Crippen molar-refractivity contribution in [1.29, 1.82) is 0 Å². The maximum Gasteiger partial charge on any atom is 0.221 e. The van der Waals surface area contributed by atoms with E-state index in [0.717, 1.165) is 13.1 Å². The number of nitrogens with one attached hydrogen (secondary N) is 1. The van der Waals surface area contributed by atoms with Gasteiger partial charge in [0.2, 0.25) is 5.91 Å². The van der Waals surface area contributed by atoms with Gasteiger partial charge in [0, 0.05) is 31.9 Å². The molecule has 3 heteroatoms. The van der Waals surface area contributed by atoms with Crippen LogP contribution in [0.1, 0.15) is 20.3 Å². The molecule has 0 saturated heterocycles. The smallest absolute Gasteiger partial charge is 0.221 e. The zero-order chi connectivity index (χ0) is 10.4. The monoisotopic (exact) mass is 194 g/mol. The average Bonchev–Trinajstić information content (AvgIpc) is 2.63. The first-order valence-corrected chi connectivity index (χ1v) is 5.06. The van der Waals surface area contributed by atoms with Crippen LogP contribution in [0, 0.1) is 5.92 Å². The van der Waals surface area contributed by atoms with E-state index in [9.17, 15) is 4.79 Å². The molecular formula is C11H18N2O. The summed E-state index contributed by atoms with van der Waals surface area (Å²) in [7, 11) is 0. The number of hydrogen-bond donors (Lipinski definition) is 1. The van der Waals surface area contributed by atoms with Gasteiger partial charge in [0.05, 0.1) is 0 Å². The van der Waals surface area contributed by atoms with E-state index >= 15 is 0 Å². The van der Waals surface area contributed by atoms with Gasteiger partial charge in [0.15, 0.2) is 0 Å². The number of carbonyl (C=O) groups is 1. The summed E-state index contributed by atoms with van der Waals surface area (Å²) in [5, 5.41) is 2.89. The van der Waals surface area contributed by atoms with Gasteiger partial charge in [0.1, 0.15) is 0 Å². The molecular weight excluding hydrogens is 176 g/mol. The normalized spacial score (nSPS) is 10.5. The molecule has 1 aromatic rings. The fourth-order valence-corrected chi connectivity index (χ4v) is 1.16. The second-order valence-electron chi connectivity index (χ2n) is 3.87. The maximum absolute atomic E-state index is 11.3. The zero-order valence-electron chi connectivity index (χ0n) is 8.86. The van der Waals surface area contributed by atoms with Gasteiger partial charge in [-0.05, 0) is 18.1 Å². The molecule has 0 radical (unpaired) electrons. The minimum atomic E-state index is 0.132. The fourth-order valence-electron chi connectivity index (χ4n) is 1.16. The molecule has 0 aliphatic carbocycles. The summed E-state index contributed by atoms with van der Waals surface area (Å²) in [4.78, 5) is 11.3. The molecule has 1 rings (SSSR count). The number of nitrogens with zero attached hydrogens (tertiary/aromatic N) is 1. The van der Waals surface area contributed by atoms with Crippen molar-refractivity contribution in [3.8, 4) is 0 Å². The van der Waals surface area contributed by atoms with Crippen molar-refractivity contribution in [3.63, 3.8) is 0 Å². The van der Waals surface area contributed by atoms with Crippen molar-refractivity contribution in [2.45, 2.75) is 26.8 Å². The molecule has 0 spiro atoms. The highest BCUT2D eigenvalue weighted by molar-refractivity contribution is 5.75. The summed E-state index contributed by atoms with van der Waals surface area (Å²) in [6.45, 7) is 5.71. The third-order valence-corrected chi connectivity index (χ3v) is 1.97. The van der Waals surface area contributed by atoms with Crippen LogP contribution in [0.4, 0.5) is 0 Å². The van der Waals surface area contributed by atoms with Crippen molar-refractivity contribution in [2.24, 2.45) is 5.92 Å². The quantitative estimate of drug-likeness (QED) is 0.759. The molecule has 0 bridgehead atoms. The van der Waals surface area contributed by atoms with Gasteiger partial charge in [0.25, 0.3) is 0 Å². The van der Waals surface area contributed by atoms with Gasteiger partial charge in [-0.15, -0.1) is 0 Å². The Morgan fingerprint density at radius 3 is 2.57 bits per heavy atom. The molecule has 0 aliphatic rings. The largest absolute Gasteiger partial charge is 0.356 e. The maximum atomic E-state index is 11.3. The Balaban J connectivity index is 2.15. The highest BCUT2D eigenvalue weighted by atomic mass is 16.1. The first-order valence-electron chi connectivity index (χ1n) is 5.06. The van der Waals surface area contributed by atoms with Crippen LogP contribution in [-0.2, 0) is 11.3 Å². The number of aryl methyl sites for hydroxylation is 1. The van der Waals surface area contributed by atoms with E-state index in [4.69, 9.17) is 0 Å². The first-order chi connectivity index (χ1) is 6.68. The molecule has 3 nitrogen and oxygen atoms in total. The van der Waals surface area contributed by atoms with E-state index in [1.165, 1.54) is 0 Å². The van der Waals surface area contributed by atoms with Crippen LogP contribution in [0.2, 0.25) is 0 Å². The van der Waals surface area contributed by atoms with Crippen LogP contribution in [0.15, 0.2) is 24.5 Å². The summed E-state index contributed by atoms with van der Waals surface area (Å²) < 4.78 is 2.01. The third-order valence-electron chi connectivity index (χ3n) is 1.97. The van der Waals surface area contributed by atoms with E-state index in [0.29, 0.717) is 12.3 Å². The second-order valence-corrected chi connectivity index (χ2v) is 3.87. The molecule has 1 N–H and O–H groups in total. The van der Waals surface area contributed by atoms with Gasteiger partial charge in [-0.3, -0.25) is 4.79 Å². The first kappa shape index (κ1) is 10.8. The van der Waals surface area contributed by atoms with Gasteiger partial charge in [-0.2, -0.15) is 0 Å². The molecule has 1 aromatic heterocycles. The number of carbonyl (C=O) groups excluding carboxylic acids is 1. The predicted molar refractivity (Wildman–Crippen MR) is 56.9 cm³/mol. The molecule has 0 aliphatic heterocycles. The van der Waals surface area contributed by atoms with Crippen molar-refractivity contribution >= 4 is 5.91 Å². The van der Waals surface area contributed by atoms with Crippen LogP contribution in [0.25, 0.3) is 0 Å². The van der Waals surface area contributed by atoms with E-state index in [1.54, 1.807) is 0 Å². The van der Waals surface area contributed by atoms with Crippen LogP contribution < -0.4 is 5.32 Å². The van der Waals surface area contributed by atoms with E-state index < -0.39 is 0 Å². The van der Waals surface area contributed by atoms with Crippen molar-refractivity contribution in [3.05, 3.63) is 24.5 Å². The Morgan fingerprint density at radius 2 is 2.00 bits per heavy atom. The fraction of sp³-hybridized carbons (Fsp3) is 0.545. The van der Waals surface area contributed by atoms with E-state index in [-0.39, 0.29) is 5.91 Å². The molecule has 0 atom stereocenters. The zero-order valence-corrected chi connectivity index (χ0v) is 8.86. The molecule has 14 heavy (non-hydrogen) atoms. The highest BCUT2D eigenvalue weighted by Gasteiger charge is 2.01. The molecule has 0 aromatic carbocycles. The number of aromatic nitrogens is 1. The minimum absolute atomic E-state index is 0.132. The molecule has 0 fully saturated rings. The Labute approximate surface area is 85.1 Å². The lowest BCUT2D eigenvalue weighted by atomic mass is 10.2. The van der Waals surface area contributed by atoms with Crippen molar-refractivity contribution in [2.75, 3.05) is 6.54 Å². The predicted octanol–water partition coefficient (Wildman–Crippen LogP) is 1.65. The Morgan fingerprint density at radius 1 is 1.36 bits per heavy atom. The van der Waals surface area contributed by atoms with Gasteiger partial charge in [-0.25, -0.2) is 0 Å². The summed E-state index contributed by atoms with van der Waals surface area (Å²) in [5.74, 6) is 0.651. The van der Waals surface area contributed by atoms with Crippen molar-refractivity contribution in [1.82, 2.24) is 9.88 Å². The lowest BCUT2D eigenvalue weighted by molar-refractivity contribution is -0.121. The van der Waals surface area contributed by atoms with Gasteiger partial charge < -0.3 is 9.88 Å². The Kier molecular flexibility index (Phi) is 4.23. The summed E-state index contributed by atoms with van der Waals surface area (Å²) >= 11 is 0. The standard InChI is InChI=1S/C11H18N2O/c1-10(2)9-12-11(14)5-8-13-6-3-4-7-13/h3-4,6-7,10H,5,8-9H2,1-2H3,(H,12,14). The summed E-state index contributed by atoms with van der Waals surface area (Å²) in [6.07, 6.45) is 4.49. The molecule has 78 valence electrons. The highest BCUT2D eigenvalue weighted by Crippen LogP contribution is 1.94. The van der Waals surface area contributed by atoms with E-state index in [1.807, 2.05) is 29.1 Å². The van der Waals surface area contributed by atoms with E-state index in [2.05, 4.69) is 19.2 Å². The van der Waals surface area contributed by atoms with Crippen LogP contribution in [0.3, 0.4) is 0 Å². The topological polar surface area (TPSA) is 34.0 Å². The third kappa shape index (κ3) is 4.12. The molecule has 0 unspecified atom stereocenters. The lowest BCUT2D eigenvalue weighted by Crippen LogP contribution is -2.27. The number of hydrogen-bond acceptors (Lipinski definition) is 1. The van der Waals surface area contributed by atoms with Crippen LogP contribution >= 0.6 is 0 Å². The average molecular weight is 194 g/mol. The minimum Gasteiger partial charge on any atom is -0.356 e. The molecule has 1 heterocycles. The Hall–Kier alpha value is -1.25.